The molecular formula is C36H31FN6O3S. The van der Waals surface area contributed by atoms with Crippen LogP contribution in [0.2, 0.25) is 0 Å². The van der Waals surface area contributed by atoms with E-state index in [1.807, 2.05) is 24.4 Å². The molecule has 0 spiro atoms. The second-order valence-electron chi connectivity index (χ2n) is 11.4. The van der Waals surface area contributed by atoms with E-state index in [4.69, 9.17) is 15.5 Å². The van der Waals surface area contributed by atoms with Crippen molar-refractivity contribution in [2.45, 2.75) is 19.5 Å². The van der Waals surface area contributed by atoms with Gasteiger partial charge < -0.3 is 15.8 Å². The van der Waals surface area contributed by atoms with Crippen molar-refractivity contribution in [2.24, 2.45) is 5.73 Å². The fourth-order valence-electron chi connectivity index (χ4n) is 5.81. The molecule has 1 unspecified atom stereocenters. The molecule has 9 nitrogen and oxygen atoms in total. The van der Waals surface area contributed by atoms with Crippen LogP contribution in [0.3, 0.4) is 0 Å². The van der Waals surface area contributed by atoms with Gasteiger partial charge in [0.2, 0.25) is 0 Å². The molecule has 236 valence electrons. The molecule has 11 heteroatoms. The Balaban J connectivity index is 1.14. The highest BCUT2D eigenvalue weighted by atomic mass is 32.1. The molecule has 1 aliphatic rings. The molecule has 2 aromatic carbocycles. The standard InChI is InChI=1S/C36H31FN6O3S/c1-22-19-39-14-16-42(22)21-23-7-9-28(41-20-23)32-18-29-34(47-32)31(11-13-40-29)46-30-10-8-24(17-27(30)37)26-12-15-43(25-5-3-2-4-6-25)36(45)33(26)35(38)44/h2-13,15,17-18,20,22,39H,14,16,19,21H2,1H3,(H2,38,44). The summed E-state index contributed by atoms with van der Waals surface area (Å²) in [6.45, 7) is 6.06. The summed E-state index contributed by atoms with van der Waals surface area (Å²) in [6.07, 6.45) is 5.08. The van der Waals surface area contributed by atoms with Gasteiger partial charge in [-0.2, -0.15) is 0 Å². The van der Waals surface area contributed by atoms with Crippen LogP contribution < -0.4 is 21.3 Å². The van der Waals surface area contributed by atoms with Crippen LogP contribution in [-0.4, -0.2) is 51.0 Å². The molecule has 6 aromatic rings. The van der Waals surface area contributed by atoms with Crippen molar-refractivity contribution in [1.82, 2.24) is 24.8 Å². The van der Waals surface area contributed by atoms with E-state index in [1.54, 1.807) is 54.9 Å². The highest BCUT2D eigenvalue weighted by molar-refractivity contribution is 7.22. The van der Waals surface area contributed by atoms with E-state index in [-0.39, 0.29) is 16.9 Å². The SMILES string of the molecule is CC1CNCCN1Cc1ccc(-c2cc3nccc(Oc4ccc(-c5ccn(-c6ccccc6)c(=O)c5C(N)=O)cc4F)c3s2)nc1. The highest BCUT2D eigenvalue weighted by Gasteiger charge is 2.21. The predicted molar refractivity (Wildman–Crippen MR) is 182 cm³/mol. The molecule has 3 N–H and O–H groups in total. The largest absolute Gasteiger partial charge is 0.453 e. The minimum Gasteiger partial charge on any atom is -0.453 e. The maximum atomic E-state index is 15.5. The zero-order chi connectivity index (χ0) is 32.5. The van der Waals surface area contributed by atoms with Gasteiger partial charge in [-0.05, 0) is 60.5 Å². The summed E-state index contributed by atoms with van der Waals surface area (Å²) in [5.41, 5.74) is 8.64. The van der Waals surface area contributed by atoms with Crippen LogP contribution in [0.5, 0.6) is 11.5 Å². The van der Waals surface area contributed by atoms with Gasteiger partial charge in [-0.25, -0.2) is 4.39 Å². The Morgan fingerprint density at radius 2 is 1.91 bits per heavy atom. The van der Waals surface area contributed by atoms with Gasteiger partial charge in [0.25, 0.3) is 11.5 Å². The Morgan fingerprint density at radius 3 is 2.66 bits per heavy atom. The lowest BCUT2D eigenvalue weighted by molar-refractivity contribution is 0.0999. The number of pyridine rings is 3. The van der Waals surface area contributed by atoms with Crippen LogP contribution >= 0.6 is 11.3 Å². The van der Waals surface area contributed by atoms with Crippen LogP contribution in [0.1, 0.15) is 22.8 Å². The van der Waals surface area contributed by atoms with E-state index in [9.17, 15) is 9.59 Å². The molecule has 0 aliphatic carbocycles. The highest BCUT2D eigenvalue weighted by Crippen LogP contribution is 2.39. The number of nitrogens with zero attached hydrogens (tertiary/aromatic N) is 4. The normalized spacial score (nSPS) is 15.1. The Labute approximate surface area is 274 Å². The zero-order valence-electron chi connectivity index (χ0n) is 25.5. The molecule has 1 amide bonds. The number of piperazine rings is 1. The Morgan fingerprint density at radius 1 is 1.06 bits per heavy atom. The number of para-hydroxylation sites is 1. The summed E-state index contributed by atoms with van der Waals surface area (Å²) in [5, 5.41) is 3.42. The first-order valence-electron chi connectivity index (χ1n) is 15.2. The van der Waals surface area contributed by atoms with Crippen LogP contribution in [0.25, 0.3) is 37.6 Å². The number of primary amides is 1. The number of thiophene rings is 1. The van der Waals surface area contributed by atoms with Gasteiger partial charge >= 0.3 is 0 Å². The number of halogens is 1. The van der Waals surface area contributed by atoms with Crippen LogP contribution in [0.4, 0.5) is 4.39 Å². The van der Waals surface area contributed by atoms with Gasteiger partial charge in [-0.15, -0.1) is 11.3 Å². The van der Waals surface area contributed by atoms with E-state index in [2.05, 4.69) is 28.2 Å². The number of aromatic nitrogens is 3. The number of carbonyl (C=O) groups excluding carboxylic acids is 1. The maximum absolute atomic E-state index is 15.5. The van der Waals surface area contributed by atoms with Crippen molar-refractivity contribution in [3.63, 3.8) is 0 Å². The smallest absolute Gasteiger partial charge is 0.268 e. The minimum absolute atomic E-state index is 0.0147. The van der Waals surface area contributed by atoms with Crippen molar-refractivity contribution in [3.8, 4) is 38.9 Å². The lowest BCUT2D eigenvalue weighted by Crippen LogP contribution is -2.49. The van der Waals surface area contributed by atoms with Gasteiger partial charge in [0, 0.05) is 68.1 Å². The van der Waals surface area contributed by atoms with Crippen LogP contribution in [0.15, 0.2) is 102 Å². The molecule has 0 saturated carbocycles. The van der Waals surface area contributed by atoms with Crippen molar-refractivity contribution in [1.29, 1.82) is 0 Å². The van der Waals surface area contributed by atoms with Gasteiger partial charge in [0.15, 0.2) is 11.6 Å². The maximum Gasteiger partial charge on any atom is 0.268 e. The number of hydrogen-bond donors (Lipinski definition) is 2. The summed E-state index contributed by atoms with van der Waals surface area (Å²) in [7, 11) is 0. The molecule has 1 aliphatic heterocycles. The first-order valence-corrected chi connectivity index (χ1v) is 16.0. The van der Waals surface area contributed by atoms with E-state index in [0.717, 1.165) is 47.0 Å². The molecule has 0 radical (unpaired) electrons. The molecule has 0 bridgehead atoms. The number of ether oxygens (including phenoxy) is 1. The van der Waals surface area contributed by atoms with Gasteiger partial charge in [-0.1, -0.05) is 30.3 Å². The van der Waals surface area contributed by atoms with Crippen molar-refractivity contribution in [2.75, 3.05) is 19.6 Å². The number of amides is 1. The van der Waals surface area contributed by atoms with Gasteiger partial charge in [0.05, 0.1) is 20.8 Å². The number of fused-ring (bicyclic) bond motifs is 1. The average Bonchev–Trinajstić information content (AvgIpc) is 3.53. The monoisotopic (exact) mass is 646 g/mol. The predicted octanol–water partition coefficient (Wildman–Crippen LogP) is 6.00. The summed E-state index contributed by atoms with van der Waals surface area (Å²) >= 11 is 1.47. The van der Waals surface area contributed by atoms with E-state index in [0.29, 0.717) is 28.6 Å². The van der Waals surface area contributed by atoms with E-state index in [1.165, 1.54) is 28.0 Å². The fourth-order valence-corrected chi connectivity index (χ4v) is 6.86. The van der Waals surface area contributed by atoms with Crippen molar-refractivity contribution < 1.29 is 13.9 Å². The lowest BCUT2D eigenvalue weighted by Gasteiger charge is -2.33. The van der Waals surface area contributed by atoms with Crippen molar-refractivity contribution >= 4 is 27.5 Å². The molecule has 47 heavy (non-hydrogen) atoms. The molecule has 1 saturated heterocycles. The quantitative estimate of drug-likeness (QED) is 0.209. The number of nitrogens with one attached hydrogen (secondary N) is 1. The Kier molecular flexibility index (Phi) is 8.33. The molecule has 4 aromatic heterocycles. The molecule has 5 heterocycles. The fraction of sp³-hybridized carbons (Fsp3) is 0.167. The number of carbonyl (C=O) groups is 1. The second-order valence-corrected chi connectivity index (χ2v) is 12.5. The average molecular weight is 647 g/mol. The number of hydrogen-bond acceptors (Lipinski definition) is 8. The lowest BCUT2D eigenvalue weighted by atomic mass is 10.0. The zero-order valence-corrected chi connectivity index (χ0v) is 26.3. The number of nitrogens with two attached hydrogens (primary N) is 1. The molecule has 7 rings (SSSR count). The van der Waals surface area contributed by atoms with Crippen LogP contribution in [-0.2, 0) is 6.54 Å². The summed E-state index contributed by atoms with van der Waals surface area (Å²) in [4.78, 5) is 38.3. The first kappa shape index (κ1) is 30.4. The Bertz CT molecular complexity index is 2150. The van der Waals surface area contributed by atoms with Crippen LogP contribution in [0, 0.1) is 5.82 Å². The third kappa shape index (κ3) is 6.16. The molecular weight excluding hydrogens is 616 g/mol. The molecule has 1 fully saturated rings. The molecule has 1 atom stereocenters. The third-order valence-electron chi connectivity index (χ3n) is 8.31. The van der Waals surface area contributed by atoms with Gasteiger partial charge in [0.1, 0.15) is 11.3 Å². The number of benzene rings is 2. The van der Waals surface area contributed by atoms with Crippen molar-refractivity contribution in [3.05, 3.63) is 125 Å². The summed E-state index contributed by atoms with van der Waals surface area (Å²) in [6, 6.07) is 23.0. The summed E-state index contributed by atoms with van der Waals surface area (Å²) in [5.74, 6) is -1.13. The third-order valence-corrected chi connectivity index (χ3v) is 9.47. The topological polar surface area (TPSA) is 115 Å². The van der Waals surface area contributed by atoms with E-state index < -0.39 is 17.3 Å². The number of rotatable bonds is 8. The summed E-state index contributed by atoms with van der Waals surface area (Å²) < 4.78 is 23.7. The second kappa shape index (κ2) is 12.9. The van der Waals surface area contributed by atoms with Gasteiger partial charge in [-0.3, -0.25) is 29.0 Å². The first-order chi connectivity index (χ1) is 22.9. The minimum atomic E-state index is -0.901. The van der Waals surface area contributed by atoms with E-state index >= 15 is 4.39 Å². The Hall–Kier alpha value is -5.23.